The summed E-state index contributed by atoms with van der Waals surface area (Å²) in [5.74, 6) is 0.480. The van der Waals surface area contributed by atoms with Gasteiger partial charge in [0.05, 0.1) is 6.54 Å². The molecule has 0 fully saturated rings. The average Bonchev–Trinajstić information content (AvgIpc) is 3.13. The number of rotatable bonds is 4. The highest BCUT2D eigenvalue weighted by molar-refractivity contribution is 6.02. The zero-order chi connectivity index (χ0) is 19.7. The third kappa shape index (κ3) is 3.34. The van der Waals surface area contributed by atoms with Crippen LogP contribution >= 0.6 is 0 Å². The number of fused-ring (bicyclic) bond motifs is 1. The van der Waals surface area contributed by atoms with Crippen LogP contribution in [0.5, 0.6) is 11.5 Å². The van der Waals surface area contributed by atoms with E-state index in [2.05, 4.69) is 20.3 Å². The van der Waals surface area contributed by atoms with Gasteiger partial charge in [0.1, 0.15) is 5.56 Å². The summed E-state index contributed by atoms with van der Waals surface area (Å²) in [5.41, 5.74) is -0.286. The van der Waals surface area contributed by atoms with Crippen molar-refractivity contribution in [3.63, 3.8) is 0 Å². The van der Waals surface area contributed by atoms with Gasteiger partial charge in [0.2, 0.25) is 12.7 Å². The first-order valence-electron chi connectivity index (χ1n) is 8.33. The first-order chi connectivity index (χ1) is 13.5. The number of aromatic amines is 1. The highest BCUT2D eigenvalue weighted by Crippen LogP contribution is 2.32. The van der Waals surface area contributed by atoms with Crippen LogP contribution < -0.4 is 26.0 Å². The van der Waals surface area contributed by atoms with Gasteiger partial charge in [-0.15, -0.1) is 0 Å². The van der Waals surface area contributed by atoms with E-state index in [1.807, 2.05) is 0 Å². The summed E-state index contributed by atoms with van der Waals surface area (Å²) in [6, 6.07) is 6.77. The molecule has 142 valence electrons. The number of aromatic nitrogens is 4. The number of nitrogens with one attached hydrogen (secondary N) is 2. The van der Waals surface area contributed by atoms with Crippen LogP contribution in [-0.2, 0) is 6.54 Å². The Balaban J connectivity index is 1.63. The summed E-state index contributed by atoms with van der Waals surface area (Å²) < 4.78 is 11.5. The van der Waals surface area contributed by atoms with Crippen molar-refractivity contribution in [1.82, 2.24) is 19.5 Å². The fourth-order valence-electron chi connectivity index (χ4n) is 2.72. The van der Waals surface area contributed by atoms with Crippen LogP contribution in [0.3, 0.4) is 0 Å². The molecule has 1 amide bonds. The Morgan fingerprint density at radius 3 is 2.89 bits per heavy atom. The van der Waals surface area contributed by atoms with Gasteiger partial charge in [0.25, 0.3) is 11.5 Å². The summed E-state index contributed by atoms with van der Waals surface area (Å²) in [6.45, 7) is 1.83. The third-order valence-corrected chi connectivity index (χ3v) is 4.10. The summed E-state index contributed by atoms with van der Waals surface area (Å²) >= 11 is 0. The van der Waals surface area contributed by atoms with Gasteiger partial charge in [-0.3, -0.25) is 19.5 Å². The predicted octanol–water partition coefficient (Wildman–Crippen LogP) is 0.664. The van der Waals surface area contributed by atoms with Gasteiger partial charge in [-0.2, -0.15) is 0 Å². The largest absolute Gasteiger partial charge is 0.454 e. The van der Waals surface area contributed by atoms with E-state index in [1.165, 1.54) is 6.20 Å². The molecule has 0 unspecified atom stereocenters. The number of H-pyrrole nitrogens is 1. The van der Waals surface area contributed by atoms with Crippen molar-refractivity contribution >= 4 is 11.9 Å². The number of ether oxygens (including phenoxy) is 2. The molecule has 3 heterocycles. The van der Waals surface area contributed by atoms with Crippen LogP contribution in [0.4, 0.5) is 5.95 Å². The molecule has 4 rings (SSSR count). The van der Waals surface area contributed by atoms with Crippen molar-refractivity contribution in [3.05, 3.63) is 74.3 Å². The van der Waals surface area contributed by atoms with Gasteiger partial charge in [0, 0.05) is 18.1 Å². The van der Waals surface area contributed by atoms with Crippen molar-refractivity contribution in [3.8, 4) is 11.5 Å². The molecule has 0 atom stereocenters. The third-order valence-electron chi connectivity index (χ3n) is 4.10. The molecular formula is C18H15N5O5. The number of hydrogen-bond donors (Lipinski definition) is 2. The minimum absolute atomic E-state index is 0.0348. The Hall–Kier alpha value is -3.95. The summed E-state index contributed by atoms with van der Waals surface area (Å²) in [4.78, 5) is 47.7. The van der Waals surface area contributed by atoms with Gasteiger partial charge in [-0.25, -0.2) is 14.8 Å². The molecule has 1 aliphatic rings. The number of carbonyl (C=O) groups is 1. The minimum atomic E-state index is -0.730. The number of carbonyl (C=O) groups excluding carboxylic acids is 1. The number of aryl methyl sites for hydroxylation is 1. The van der Waals surface area contributed by atoms with Crippen LogP contribution in [0.1, 0.15) is 21.6 Å². The summed E-state index contributed by atoms with van der Waals surface area (Å²) in [7, 11) is 0. The van der Waals surface area contributed by atoms with Crippen LogP contribution in [0.2, 0.25) is 0 Å². The molecule has 28 heavy (non-hydrogen) atoms. The number of anilines is 1. The molecule has 0 bridgehead atoms. The van der Waals surface area contributed by atoms with Crippen molar-refractivity contribution in [2.24, 2.45) is 0 Å². The molecule has 1 aliphatic heterocycles. The van der Waals surface area contributed by atoms with E-state index in [-0.39, 0.29) is 24.8 Å². The zero-order valence-electron chi connectivity index (χ0n) is 14.8. The molecule has 10 nitrogen and oxygen atoms in total. The maximum absolute atomic E-state index is 12.7. The van der Waals surface area contributed by atoms with Gasteiger partial charge in [-0.1, -0.05) is 6.07 Å². The quantitative estimate of drug-likeness (QED) is 0.679. The first kappa shape index (κ1) is 17.5. The first-order valence-corrected chi connectivity index (χ1v) is 8.33. The van der Waals surface area contributed by atoms with Crippen LogP contribution in [0.15, 0.2) is 46.2 Å². The van der Waals surface area contributed by atoms with E-state index >= 15 is 0 Å². The topological polar surface area (TPSA) is 128 Å². The summed E-state index contributed by atoms with van der Waals surface area (Å²) in [5, 5.41) is 2.45. The van der Waals surface area contributed by atoms with Crippen LogP contribution in [0, 0.1) is 6.92 Å². The zero-order valence-corrected chi connectivity index (χ0v) is 14.8. The number of benzene rings is 1. The van der Waals surface area contributed by atoms with Crippen molar-refractivity contribution < 1.29 is 14.3 Å². The lowest BCUT2D eigenvalue weighted by Gasteiger charge is -2.08. The molecule has 0 radical (unpaired) electrons. The van der Waals surface area contributed by atoms with E-state index < -0.39 is 17.2 Å². The van der Waals surface area contributed by atoms with Crippen LogP contribution in [-0.4, -0.2) is 32.2 Å². The standard InChI is InChI=1S/C18H15N5O5/c1-10-4-5-19-17(21-10)22-15(24)12-7-20-18(26)23(16(12)25)8-11-2-3-13-14(6-11)28-9-27-13/h2-7H,8-9H2,1H3,(H,20,26)(H,19,21,22,24). The molecule has 0 aliphatic carbocycles. The van der Waals surface area contributed by atoms with Gasteiger partial charge in [-0.05, 0) is 30.7 Å². The SMILES string of the molecule is Cc1ccnc(NC(=O)c2c[nH]c(=O)n(Cc3ccc4c(c3)OCO4)c2=O)n1. The smallest absolute Gasteiger partial charge is 0.328 e. The highest BCUT2D eigenvalue weighted by atomic mass is 16.7. The Morgan fingerprint density at radius 1 is 1.25 bits per heavy atom. The predicted molar refractivity (Wildman–Crippen MR) is 97.7 cm³/mol. The maximum Gasteiger partial charge on any atom is 0.328 e. The molecule has 0 saturated heterocycles. The fraction of sp³-hybridized carbons (Fsp3) is 0.167. The highest BCUT2D eigenvalue weighted by Gasteiger charge is 2.18. The Morgan fingerprint density at radius 2 is 2.07 bits per heavy atom. The second-order valence-corrected chi connectivity index (χ2v) is 6.06. The van der Waals surface area contributed by atoms with Crippen molar-refractivity contribution in [2.45, 2.75) is 13.5 Å². The molecule has 10 heteroatoms. The lowest BCUT2D eigenvalue weighted by atomic mass is 10.2. The second kappa shape index (κ2) is 6.99. The normalized spacial score (nSPS) is 12.0. The van der Waals surface area contributed by atoms with E-state index in [4.69, 9.17) is 9.47 Å². The number of nitrogens with zero attached hydrogens (tertiary/aromatic N) is 3. The van der Waals surface area contributed by atoms with E-state index in [0.717, 1.165) is 10.8 Å². The van der Waals surface area contributed by atoms with E-state index in [1.54, 1.807) is 31.2 Å². The second-order valence-electron chi connectivity index (χ2n) is 6.06. The van der Waals surface area contributed by atoms with Crippen LogP contribution in [0.25, 0.3) is 0 Å². The summed E-state index contributed by atoms with van der Waals surface area (Å²) in [6.07, 6.45) is 2.56. The Labute approximate surface area is 157 Å². The lowest BCUT2D eigenvalue weighted by molar-refractivity contribution is 0.102. The van der Waals surface area contributed by atoms with Gasteiger partial charge >= 0.3 is 5.69 Å². The van der Waals surface area contributed by atoms with Crippen molar-refractivity contribution in [2.75, 3.05) is 12.1 Å². The number of hydrogen-bond acceptors (Lipinski definition) is 7. The Bertz CT molecular complexity index is 1180. The molecule has 2 N–H and O–H groups in total. The van der Waals surface area contributed by atoms with E-state index in [9.17, 15) is 14.4 Å². The van der Waals surface area contributed by atoms with Gasteiger partial charge in [0.15, 0.2) is 11.5 Å². The van der Waals surface area contributed by atoms with E-state index in [0.29, 0.717) is 22.8 Å². The average molecular weight is 381 g/mol. The fourth-order valence-corrected chi connectivity index (χ4v) is 2.72. The lowest BCUT2D eigenvalue weighted by Crippen LogP contribution is -2.39. The monoisotopic (exact) mass is 381 g/mol. The minimum Gasteiger partial charge on any atom is -0.454 e. The molecular weight excluding hydrogens is 366 g/mol. The van der Waals surface area contributed by atoms with Crippen molar-refractivity contribution in [1.29, 1.82) is 0 Å². The van der Waals surface area contributed by atoms with Gasteiger partial charge < -0.3 is 14.5 Å². The molecule has 2 aromatic heterocycles. The molecule has 3 aromatic rings. The maximum atomic E-state index is 12.7. The Kier molecular flexibility index (Phi) is 4.36. The number of amides is 1. The molecule has 0 spiro atoms. The molecule has 0 saturated carbocycles. The molecule has 1 aromatic carbocycles.